The minimum absolute atomic E-state index is 0.00368. The van der Waals surface area contributed by atoms with Crippen molar-refractivity contribution in [3.63, 3.8) is 0 Å². The predicted octanol–water partition coefficient (Wildman–Crippen LogP) is 3.48. The molecule has 1 heterocycles. The van der Waals surface area contributed by atoms with Gasteiger partial charge in [0.1, 0.15) is 5.75 Å². The van der Waals surface area contributed by atoms with E-state index in [1.807, 2.05) is 6.07 Å². The highest BCUT2D eigenvalue weighted by Crippen LogP contribution is 2.45. The lowest BCUT2D eigenvalue weighted by molar-refractivity contribution is 0.456. The quantitative estimate of drug-likeness (QED) is 0.324. The van der Waals surface area contributed by atoms with E-state index in [2.05, 4.69) is 5.32 Å². The van der Waals surface area contributed by atoms with E-state index >= 15 is 0 Å². The topological polar surface area (TPSA) is 67.5 Å². The van der Waals surface area contributed by atoms with Crippen LogP contribution in [0.15, 0.2) is 30.3 Å². The maximum absolute atomic E-state index is 9.52. The molecule has 0 fully saturated rings. The van der Waals surface area contributed by atoms with Crippen molar-refractivity contribution in [3.05, 3.63) is 35.4 Å². The molecule has 1 aliphatic heterocycles. The van der Waals surface area contributed by atoms with Gasteiger partial charge in [-0.3, -0.25) is 0 Å². The fourth-order valence-electron chi connectivity index (χ4n) is 1.72. The molecule has 2 aromatic carbocycles. The Morgan fingerprint density at radius 2 is 1.88 bits per heavy atom. The summed E-state index contributed by atoms with van der Waals surface area (Å²) in [6, 6.07) is 8.40. The number of hydrogen-bond acceptors (Lipinski definition) is 4. The molecule has 0 radical (unpaired) electrons. The highest BCUT2D eigenvalue weighted by Gasteiger charge is 2.18. The van der Waals surface area contributed by atoms with Crippen LogP contribution in [0.1, 0.15) is 0 Å². The number of fused-ring (bicyclic) bond motifs is 2. The summed E-state index contributed by atoms with van der Waals surface area (Å²) in [5.41, 5.74) is 7.45. The number of hydrogen-bond donors (Lipinski definition) is 3. The van der Waals surface area contributed by atoms with Gasteiger partial charge in [0.15, 0.2) is 11.5 Å². The summed E-state index contributed by atoms with van der Waals surface area (Å²) in [7, 11) is 0. The molecule has 5 heteroatoms. The van der Waals surface area contributed by atoms with Crippen LogP contribution in [0.3, 0.4) is 0 Å². The maximum Gasteiger partial charge on any atom is 0.154 e. The van der Waals surface area contributed by atoms with Gasteiger partial charge in [-0.15, -0.1) is 0 Å². The molecule has 0 atom stereocenters. The fourth-order valence-corrected chi connectivity index (χ4v) is 1.88. The summed E-state index contributed by atoms with van der Waals surface area (Å²) in [4.78, 5) is 0. The van der Waals surface area contributed by atoms with Crippen molar-refractivity contribution in [2.45, 2.75) is 0 Å². The van der Waals surface area contributed by atoms with Crippen LogP contribution in [0.25, 0.3) is 0 Å². The number of phenolic OH excluding ortho intramolecular Hbond substituents is 1. The molecule has 0 aromatic heterocycles. The van der Waals surface area contributed by atoms with E-state index in [0.29, 0.717) is 22.2 Å². The lowest BCUT2D eigenvalue weighted by Gasteiger charge is -2.22. The summed E-state index contributed by atoms with van der Waals surface area (Å²) in [5.74, 6) is 1.14. The SMILES string of the molecule is Nc1cc2c(cc1O)Oc1cc(Cl)ccc1N2. The van der Waals surface area contributed by atoms with Gasteiger partial charge in [-0.05, 0) is 18.2 Å². The van der Waals surface area contributed by atoms with Crippen molar-refractivity contribution in [2.75, 3.05) is 11.1 Å². The number of phenols is 1. The molecule has 4 N–H and O–H groups in total. The number of halogens is 1. The molecule has 0 saturated carbocycles. The third-order valence-corrected chi connectivity index (χ3v) is 2.80. The second kappa shape index (κ2) is 3.46. The molecular formula is C12H9ClN2O2. The number of rotatable bonds is 0. The average Bonchev–Trinajstić information content (AvgIpc) is 2.28. The first kappa shape index (κ1) is 10.1. The Hall–Kier alpha value is -2.07. The van der Waals surface area contributed by atoms with Gasteiger partial charge in [-0.2, -0.15) is 0 Å². The van der Waals surface area contributed by atoms with E-state index in [-0.39, 0.29) is 5.75 Å². The zero-order chi connectivity index (χ0) is 12.0. The van der Waals surface area contributed by atoms with Crippen molar-refractivity contribution in [1.29, 1.82) is 0 Å². The number of aromatic hydroxyl groups is 1. The van der Waals surface area contributed by atoms with Gasteiger partial charge in [-0.1, -0.05) is 11.6 Å². The Bertz CT molecular complexity index is 614. The van der Waals surface area contributed by atoms with Crippen LogP contribution in [-0.4, -0.2) is 5.11 Å². The first-order chi connectivity index (χ1) is 8.13. The fraction of sp³-hybridized carbons (Fsp3) is 0. The van der Waals surface area contributed by atoms with Crippen molar-refractivity contribution >= 4 is 28.7 Å². The average molecular weight is 249 g/mol. The Morgan fingerprint density at radius 3 is 2.71 bits per heavy atom. The van der Waals surface area contributed by atoms with E-state index in [0.717, 1.165) is 11.4 Å². The van der Waals surface area contributed by atoms with Crippen LogP contribution in [-0.2, 0) is 0 Å². The summed E-state index contributed by atoms with van der Waals surface area (Å²) in [6.07, 6.45) is 0. The largest absolute Gasteiger partial charge is 0.506 e. The molecule has 0 bridgehead atoms. The normalized spacial score (nSPS) is 12.1. The molecular weight excluding hydrogens is 240 g/mol. The Morgan fingerprint density at radius 1 is 1.12 bits per heavy atom. The van der Waals surface area contributed by atoms with Gasteiger partial charge in [0.25, 0.3) is 0 Å². The molecule has 4 nitrogen and oxygen atoms in total. The zero-order valence-corrected chi connectivity index (χ0v) is 9.45. The summed E-state index contributed by atoms with van der Waals surface area (Å²) < 4.78 is 5.63. The van der Waals surface area contributed by atoms with Crippen LogP contribution in [0.4, 0.5) is 17.1 Å². The first-order valence-electron chi connectivity index (χ1n) is 5.00. The predicted molar refractivity (Wildman–Crippen MR) is 67.3 cm³/mol. The van der Waals surface area contributed by atoms with Crippen LogP contribution in [0, 0.1) is 0 Å². The smallest absolute Gasteiger partial charge is 0.154 e. The molecule has 0 aliphatic carbocycles. The summed E-state index contributed by atoms with van der Waals surface area (Å²) >= 11 is 5.88. The number of nitrogen functional groups attached to an aromatic ring is 1. The number of benzene rings is 2. The van der Waals surface area contributed by atoms with E-state index in [1.54, 1.807) is 18.2 Å². The number of ether oxygens (including phenoxy) is 1. The third kappa shape index (κ3) is 1.62. The molecule has 17 heavy (non-hydrogen) atoms. The van der Waals surface area contributed by atoms with Crippen LogP contribution < -0.4 is 15.8 Å². The van der Waals surface area contributed by atoms with E-state index in [1.165, 1.54) is 6.07 Å². The second-order valence-electron chi connectivity index (χ2n) is 3.77. The maximum atomic E-state index is 9.52. The van der Waals surface area contributed by atoms with Crippen molar-refractivity contribution in [1.82, 2.24) is 0 Å². The highest BCUT2D eigenvalue weighted by molar-refractivity contribution is 6.30. The Balaban J connectivity index is 2.11. The van der Waals surface area contributed by atoms with Gasteiger partial charge in [-0.25, -0.2) is 0 Å². The molecule has 0 amide bonds. The van der Waals surface area contributed by atoms with E-state index < -0.39 is 0 Å². The van der Waals surface area contributed by atoms with Crippen LogP contribution in [0.2, 0.25) is 5.02 Å². The Labute approximate surface area is 103 Å². The number of anilines is 3. The zero-order valence-electron chi connectivity index (χ0n) is 8.70. The van der Waals surface area contributed by atoms with Crippen molar-refractivity contribution in [2.24, 2.45) is 0 Å². The lowest BCUT2D eigenvalue weighted by Crippen LogP contribution is -2.03. The number of nitrogens with two attached hydrogens (primary N) is 1. The van der Waals surface area contributed by atoms with Gasteiger partial charge in [0.2, 0.25) is 0 Å². The lowest BCUT2D eigenvalue weighted by atomic mass is 10.2. The second-order valence-corrected chi connectivity index (χ2v) is 4.21. The first-order valence-corrected chi connectivity index (χ1v) is 5.38. The van der Waals surface area contributed by atoms with Crippen molar-refractivity contribution in [3.8, 4) is 17.2 Å². The third-order valence-electron chi connectivity index (χ3n) is 2.56. The van der Waals surface area contributed by atoms with Crippen LogP contribution in [0.5, 0.6) is 17.2 Å². The monoisotopic (exact) mass is 248 g/mol. The van der Waals surface area contributed by atoms with Gasteiger partial charge >= 0.3 is 0 Å². The minimum atomic E-state index is -0.00368. The summed E-state index contributed by atoms with van der Waals surface area (Å²) in [5, 5.41) is 13.3. The molecule has 0 saturated heterocycles. The molecule has 86 valence electrons. The van der Waals surface area contributed by atoms with E-state index in [9.17, 15) is 5.11 Å². The van der Waals surface area contributed by atoms with Gasteiger partial charge in [0.05, 0.1) is 17.1 Å². The number of nitrogens with one attached hydrogen (secondary N) is 1. The Kier molecular flexibility index (Phi) is 2.06. The molecule has 3 rings (SSSR count). The van der Waals surface area contributed by atoms with E-state index in [4.69, 9.17) is 22.1 Å². The highest BCUT2D eigenvalue weighted by atomic mass is 35.5. The molecule has 0 unspecified atom stereocenters. The minimum Gasteiger partial charge on any atom is -0.506 e. The van der Waals surface area contributed by atoms with Gasteiger partial charge < -0.3 is 20.9 Å². The summed E-state index contributed by atoms with van der Waals surface area (Å²) in [6.45, 7) is 0. The van der Waals surface area contributed by atoms with Crippen molar-refractivity contribution < 1.29 is 9.84 Å². The van der Waals surface area contributed by atoms with Gasteiger partial charge in [0, 0.05) is 17.2 Å². The molecule has 0 spiro atoms. The molecule has 1 aliphatic rings. The van der Waals surface area contributed by atoms with Crippen LogP contribution >= 0.6 is 11.6 Å². The standard InChI is InChI=1S/C12H9ClN2O2/c13-6-1-2-8-11(3-6)17-12-5-10(16)7(14)4-9(12)15-8/h1-5,15-16H,14H2. The molecule has 2 aromatic rings.